The molecule has 1 aromatic heterocycles. The Balaban J connectivity index is 2.02. The molecular formula is C19H16N2O3. The molecule has 3 aromatic rings. The summed E-state index contributed by atoms with van der Waals surface area (Å²) in [6.07, 6.45) is 1.53. The van der Waals surface area contributed by atoms with Crippen LogP contribution >= 0.6 is 0 Å². The Kier molecular flexibility index (Phi) is 4.24. The van der Waals surface area contributed by atoms with E-state index in [1.807, 2.05) is 24.3 Å². The first-order chi connectivity index (χ1) is 11.6. The Morgan fingerprint density at radius 1 is 1.08 bits per heavy atom. The lowest BCUT2D eigenvalue weighted by molar-refractivity contribution is 0.101. The lowest BCUT2D eigenvalue weighted by Gasteiger charge is -2.12. The highest BCUT2D eigenvalue weighted by Crippen LogP contribution is 2.27. The Bertz CT molecular complexity index is 935. The lowest BCUT2D eigenvalue weighted by atomic mass is 10.1. The van der Waals surface area contributed by atoms with Crippen LogP contribution in [0.1, 0.15) is 27.6 Å². The Labute approximate surface area is 139 Å². The molecule has 5 nitrogen and oxygen atoms in total. The molecule has 5 heteroatoms. The van der Waals surface area contributed by atoms with Gasteiger partial charge in [-0.25, -0.2) is 0 Å². The fraction of sp³-hybridized carbons (Fsp3) is 0.105. The number of carbonyl (C=O) groups is 2. The first kappa shape index (κ1) is 15.7. The van der Waals surface area contributed by atoms with E-state index in [4.69, 9.17) is 4.74 Å². The van der Waals surface area contributed by atoms with Crippen LogP contribution in [0.4, 0.5) is 5.69 Å². The maximum absolute atomic E-state index is 12.8. The molecule has 0 atom stereocenters. The van der Waals surface area contributed by atoms with Crippen LogP contribution in [0.2, 0.25) is 0 Å². The minimum atomic E-state index is -0.314. The third kappa shape index (κ3) is 2.96. The van der Waals surface area contributed by atoms with E-state index in [9.17, 15) is 9.59 Å². The van der Waals surface area contributed by atoms with Gasteiger partial charge in [0.25, 0.3) is 5.91 Å². The van der Waals surface area contributed by atoms with Crippen molar-refractivity contribution in [1.82, 2.24) is 4.98 Å². The van der Waals surface area contributed by atoms with Crippen LogP contribution in [-0.2, 0) is 0 Å². The summed E-state index contributed by atoms with van der Waals surface area (Å²) >= 11 is 0. The van der Waals surface area contributed by atoms with Crippen LogP contribution in [0.5, 0.6) is 5.75 Å². The summed E-state index contributed by atoms with van der Waals surface area (Å²) in [4.78, 5) is 28.6. The molecule has 0 aliphatic heterocycles. The first-order valence-electron chi connectivity index (χ1n) is 7.44. The van der Waals surface area contributed by atoms with Crippen molar-refractivity contribution >= 4 is 28.3 Å². The SMILES string of the molecule is COc1cnc2ccccc2c1C(=O)Nc1cccc(C(C)=O)c1. The predicted octanol–water partition coefficient (Wildman–Crippen LogP) is 3.70. The molecular weight excluding hydrogens is 304 g/mol. The second-order valence-electron chi connectivity index (χ2n) is 5.31. The molecule has 0 saturated heterocycles. The zero-order valence-electron chi connectivity index (χ0n) is 13.4. The third-order valence-electron chi connectivity index (χ3n) is 3.71. The molecule has 1 heterocycles. The van der Waals surface area contributed by atoms with Gasteiger partial charge in [0.1, 0.15) is 0 Å². The lowest BCUT2D eigenvalue weighted by Crippen LogP contribution is -2.14. The zero-order valence-corrected chi connectivity index (χ0v) is 13.4. The summed E-state index contributed by atoms with van der Waals surface area (Å²) in [6, 6.07) is 14.2. The number of hydrogen-bond acceptors (Lipinski definition) is 4. The van der Waals surface area contributed by atoms with Crippen molar-refractivity contribution in [2.24, 2.45) is 0 Å². The van der Waals surface area contributed by atoms with E-state index in [-0.39, 0.29) is 11.7 Å². The molecule has 0 aliphatic carbocycles. The number of Topliss-reactive ketones (excluding diaryl/α,β-unsaturated/α-hetero) is 1. The number of ketones is 1. The molecule has 0 spiro atoms. The smallest absolute Gasteiger partial charge is 0.260 e. The number of fused-ring (bicyclic) bond motifs is 1. The zero-order chi connectivity index (χ0) is 17.1. The second kappa shape index (κ2) is 6.50. The molecule has 120 valence electrons. The van der Waals surface area contributed by atoms with Crippen molar-refractivity contribution in [3.05, 3.63) is 65.9 Å². The predicted molar refractivity (Wildman–Crippen MR) is 92.7 cm³/mol. The highest BCUT2D eigenvalue weighted by molar-refractivity contribution is 6.14. The average molecular weight is 320 g/mol. The third-order valence-corrected chi connectivity index (χ3v) is 3.71. The van der Waals surface area contributed by atoms with Crippen molar-refractivity contribution in [3.63, 3.8) is 0 Å². The number of amides is 1. The van der Waals surface area contributed by atoms with Crippen molar-refractivity contribution in [3.8, 4) is 5.75 Å². The van der Waals surface area contributed by atoms with Gasteiger partial charge in [0.05, 0.1) is 24.4 Å². The van der Waals surface area contributed by atoms with Gasteiger partial charge in [-0.3, -0.25) is 14.6 Å². The molecule has 24 heavy (non-hydrogen) atoms. The fourth-order valence-electron chi connectivity index (χ4n) is 2.52. The van der Waals surface area contributed by atoms with Gasteiger partial charge in [0.15, 0.2) is 11.5 Å². The number of para-hydroxylation sites is 1. The van der Waals surface area contributed by atoms with Crippen molar-refractivity contribution < 1.29 is 14.3 Å². The largest absolute Gasteiger partial charge is 0.494 e. The van der Waals surface area contributed by atoms with Gasteiger partial charge >= 0.3 is 0 Å². The number of pyridine rings is 1. The number of aromatic nitrogens is 1. The molecule has 0 fully saturated rings. The summed E-state index contributed by atoms with van der Waals surface area (Å²) < 4.78 is 5.30. The highest BCUT2D eigenvalue weighted by atomic mass is 16.5. The maximum Gasteiger partial charge on any atom is 0.260 e. The van der Waals surface area contributed by atoms with Crippen LogP contribution in [0.25, 0.3) is 10.9 Å². The van der Waals surface area contributed by atoms with Gasteiger partial charge < -0.3 is 10.1 Å². The normalized spacial score (nSPS) is 10.4. The van der Waals surface area contributed by atoms with E-state index >= 15 is 0 Å². The van der Waals surface area contributed by atoms with E-state index < -0.39 is 0 Å². The van der Waals surface area contributed by atoms with Gasteiger partial charge in [0.2, 0.25) is 0 Å². The highest BCUT2D eigenvalue weighted by Gasteiger charge is 2.17. The summed E-state index contributed by atoms with van der Waals surface area (Å²) in [6.45, 7) is 1.49. The van der Waals surface area contributed by atoms with E-state index in [1.54, 1.807) is 24.3 Å². The summed E-state index contributed by atoms with van der Waals surface area (Å²) in [7, 11) is 1.50. The first-order valence-corrected chi connectivity index (χ1v) is 7.44. The topological polar surface area (TPSA) is 68.3 Å². The number of hydrogen-bond donors (Lipinski definition) is 1. The van der Waals surface area contributed by atoms with Gasteiger partial charge in [0, 0.05) is 16.6 Å². The van der Waals surface area contributed by atoms with Crippen LogP contribution < -0.4 is 10.1 Å². The number of rotatable bonds is 4. The molecule has 0 radical (unpaired) electrons. The fourth-order valence-corrected chi connectivity index (χ4v) is 2.52. The summed E-state index contributed by atoms with van der Waals surface area (Å²) in [5.41, 5.74) is 2.22. The molecule has 2 aromatic carbocycles. The van der Waals surface area contributed by atoms with E-state index in [2.05, 4.69) is 10.3 Å². The summed E-state index contributed by atoms with van der Waals surface area (Å²) in [5.74, 6) is 0.0260. The van der Waals surface area contributed by atoms with E-state index in [0.717, 1.165) is 0 Å². The van der Waals surface area contributed by atoms with E-state index in [1.165, 1.54) is 20.2 Å². The molecule has 3 rings (SSSR count). The number of nitrogens with one attached hydrogen (secondary N) is 1. The minimum Gasteiger partial charge on any atom is -0.494 e. The summed E-state index contributed by atoms with van der Waals surface area (Å²) in [5, 5.41) is 3.53. The van der Waals surface area contributed by atoms with Gasteiger partial charge in [-0.2, -0.15) is 0 Å². The van der Waals surface area contributed by atoms with Crippen molar-refractivity contribution in [2.45, 2.75) is 6.92 Å². The van der Waals surface area contributed by atoms with Crippen LogP contribution in [-0.4, -0.2) is 23.8 Å². The van der Waals surface area contributed by atoms with Gasteiger partial charge in [-0.1, -0.05) is 30.3 Å². The molecule has 0 saturated carbocycles. The number of anilines is 1. The second-order valence-corrected chi connectivity index (χ2v) is 5.31. The number of benzene rings is 2. The quantitative estimate of drug-likeness (QED) is 0.744. The molecule has 0 bridgehead atoms. The monoisotopic (exact) mass is 320 g/mol. The number of methoxy groups -OCH3 is 1. The maximum atomic E-state index is 12.8. The van der Waals surface area contributed by atoms with Crippen molar-refractivity contribution in [1.29, 1.82) is 0 Å². The van der Waals surface area contributed by atoms with Crippen LogP contribution in [0, 0.1) is 0 Å². The standard InChI is InChI=1S/C19H16N2O3/c1-12(22)13-6-5-7-14(10-13)21-19(23)18-15-8-3-4-9-16(15)20-11-17(18)24-2/h3-11H,1-2H3,(H,21,23). The number of carbonyl (C=O) groups excluding carboxylic acids is 2. The molecule has 1 N–H and O–H groups in total. The van der Waals surface area contributed by atoms with Crippen LogP contribution in [0.15, 0.2) is 54.7 Å². The van der Waals surface area contributed by atoms with Crippen LogP contribution in [0.3, 0.4) is 0 Å². The van der Waals surface area contributed by atoms with Gasteiger partial charge in [-0.05, 0) is 25.1 Å². The molecule has 0 aliphatic rings. The Morgan fingerprint density at radius 3 is 2.62 bits per heavy atom. The average Bonchev–Trinajstić information content (AvgIpc) is 2.60. The minimum absolute atomic E-state index is 0.0574. The number of ether oxygens (including phenoxy) is 1. The van der Waals surface area contributed by atoms with E-state index in [0.29, 0.717) is 33.5 Å². The van der Waals surface area contributed by atoms with Gasteiger partial charge in [-0.15, -0.1) is 0 Å². The number of nitrogens with zero attached hydrogens (tertiary/aromatic N) is 1. The molecule has 0 unspecified atom stereocenters. The molecule has 1 amide bonds. The Morgan fingerprint density at radius 2 is 1.88 bits per heavy atom. The Hall–Kier alpha value is -3.21. The van der Waals surface area contributed by atoms with Crippen molar-refractivity contribution in [2.75, 3.05) is 12.4 Å².